The van der Waals surface area contributed by atoms with Crippen LogP contribution in [0.15, 0.2) is 36.8 Å². The number of amides is 1. The summed E-state index contributed by atoms with van der Waals surface area (Å²) >= 11 is 0. The third-order valence-corrected chi connectivity index (χ3v) is 4.05. The molecule has 120 valence electrons. The fourth-order valence-corrected chi connectivity index (χ4v) is 2.96. The summed E-state index contributed by atoms with van der Waals surface area (Å²) in [6.45, 7) is 3.52. The molecule has 1 aliphatic rings. The predicted octanol–water partition coefficient (Wildman–Crippen LogP) is 2.32. The largest absolute Gasteiger partial charge is 0.369 e. The summed E-state index contributed by atoms with van der Waals surface area (Å²) in [5, 5.41) is 3.01. The second-order valence-corrected chi connectivity index (χ2v) is 5.78. The number of piperidine rings is 1. The Bertz CT molecular complexity index is 692. The van der Waals surface area contributed by atoms with Crippen molar-refractivity contribution in [2.24, 2.45) is 0 Å². The molecule has 6 heteroatoms. The first-order valence-corrected chi connectivity index (χ1v) is 7.71. The molecule has 1 aromatic carbocycles. The van der Waals surface area contributed by atoms with Gasteiger partial charge in [0.1, 0.15) is 11.5 Å². The number of hydrogen-bond donors (Lipinski definition) is 1. The Labute approximate surface area is 134 Å². The Morgan fingerprint density at radius 1 is 1.39 bits per heavy atom. The van der Waals surface area contributed by atoms with E-state index < -0.39 is 0 Å². The van der Waals surface area contributed by atoms with Crippen molar-refractivity contribution in [1.82, 2.24) is 15.3 Å². The van der Waals surface area contributed by atoms with Gasteiger partial charge in [-0.15, -0.1) is 0 Å². The van der Waals surface area contributed by atoms with E-state index in [0.29, 0.717) is 12.2 Å². The number of aryl methyl sites for hydroxylation is 1. The Morgan fingerprint density at radius 3 is 3.00 bits per heavy atom. The van der Waals surface area contributed by atoms with Crippen molar-refractivity contribution in [3.8, 4) is 0 Å². The van der Waals surface area contributed by atoms with Crippen molar-refractivity contribution >= 4 is 11.6 Å². The Balaban J connectivity index is 1.67. The van der Waals surface area contributed by atoms with E-state index in [1.54, 1.807) is 6.07 Å². The zero-order chi connectivity index (χ0) is 16.2. The summed E-state index contributed by atoms with van der Waals surface area (Å²) in [5.41, 5.74) is 2.25. The number of hydrogen-bond acceptors (Lipinski definition) is 4. The van der Waals surface area contributed by atoms with Gasteiger partial charge in [-0.25, -0.2) is 9.37 Å². The smallest absolute Gasteiger partial charge is 0.271 e. The van der Waals surface area contributed by atoms with E-state index in [2.05, 4.69) is 20.2 Å². The molecule has 2 aromatic rings. The Morgan fingerprint density at radius 2 is 2.26 bits per heavy atom. The lowest BCUT2D eigenvalue weighted by Gasteiger charge is -2.35. The monoisotopic (exact) mass is 314 g/mol. The van der Waals surface area contributed by atoms with E-state index in [-0.39, 0.29) is 17.8 Å². The topological polar surface area (TPSA) is 58.1 Å². The van der Waals surface area contributed by atoms with Gasteiger partial charge in [0.15, 0.2) is 0 Å². The first-order chi connectivity index (χ1) is 11.1. The highest BCUT2D eigenvalue weighted by molar-refractivity contribution is 5.92. The van der Waals surface area contributed by atoms with Gasteiger partial charge in [0, 0.05) is 37.2 Å². The van der Waals surface area contributed by atoms with Gasteiger partial charge in [-0.05, 0) is 43.5 Å². The fraction of sp³-hybridized carbons (Fsp3) is 0.353. The highest BCUT2D eigenvalue weighted by atomic mass is 19.1. The minimum absolute atomic E-state index is 0.0442. The van der Waals surface area contributed by atoms with Gasteiger partial charge >= 0.3 is 0 Å². The van der Waals surface area contributed by atoms with Crippen LogP contribution >= 0.6 is 0 Å². The summed E-state index contributed by atoms with van der Waals surface area (Å²) in [4.78, 5) is 22.3. The van der Waals surface area contributed by atoms with Gasteiger partial charge < -0.3 is 10.2 Å². The SMILES string of the molecule is Cc1cc(F)ccc1N1CCC[C@H](NC(=O)c2cnccn2)C1. The minimum Gasteiger partial charge on any atom is -0.369 e. The van der Waals surface area contributed by atoms with Gasteiger partial charge in [-0.3, -0.25) is 9.78 Å². The van der Waals surface area contributed by atoms with Crippen molar-refractivity contribution < 1.29 is 9.18 Å². The number of aromatic nitrogens is 2. The zero-order valence-corrected chi connectivity index (χ0v) is 13.0. The van der Waals surface area contributed by atoms with Crippen LogP contribution in [0.4, 0.5) is 10.1 Å². The summed E-state index contributed by atoms with van der Waals surface area (Å²) < 4.78 is 13.3. The van der Waals surface area contributed by atoms with Crippen LogP contribution in [-0.2, 0) is 0 Å². The molecule has 5 nitrogen and oxygen atoms in total. The molecule has 0 spiro atoms. The number of anilines is 1. The highest BCUT2D eigenvalue weighted by Crippen LogP contribution is 2.24. The molecule has 0 radical (unpaired) electrons. The quantitative estimate of drug-likeness (QED) is 0.944. The molecule has 1 amide bonds. The van der Waals surface area contributed by atoms with Gasteiger partial charge in [-0.2, -0.15) is 0 Å². The number of carbonyl (C=O) groups is 1. The molecule has 3 rings (SSSR count). The number of nitrogens with one attached hydrogen (secondary N) is 1. The van der Waals surface area contributed by atoms with Crippen LogP contribution in [0.2, 0.25) is 0 Å². The normalized spacial score (nSPS) is 17.8. The molecule has 0 saturated carbocycles. The molecule has 1 aromatic heterocycles. The molecular weight excluding hydrogens is 295 g/mol. The third-order valence-electron chi connectivity index (χ3n) is 4.05. The average molecular weight is 314 g/mol. The van der Waals surface area contributed by atoms with Gasteiger partial charge in [0.2, 0.25) is 0 Å². The van der Waals surface area contributed by atoms with E-state index in [4.69, 9.17) is 0 Å². The lowest BCUT2D eigenvalue weighted by molar-refractivity contribution is 0.0927. The Hall–Kier alpha value is -2.50. The summed E-state index contributed by atoms with van der Waals surface area (Å²) in [6, 6.07) is 4.86. The van der Waals surface area contributed by atoms with Crippen LogP contribution in [0.3, 0.4) is 0 Å². The van der Waals surface area contributed by atoms with Gasteiger partial charge in [0.25, 0.3) is 5.91 Å². The van der Waals surface area contributed by atoms with Crippen LogP contribution in [-0.4, -0.2) is 35.0 Å². The summed E-state index contributed by atoms with van der Waals surface area (Å²) in [7, 11) is 0. The standard InChI is InChI=1S/C17H19FN4O/c1-12-9-13(18)4-5-16(12)22-8-2-3-14(11-22)21-17(23)15-10-19-6-7-20-15/h4-7,9-10,14H,2-3,8,11H2,1H3,(H,21,23)/t14-/m0/s1. The van der Waals surface area contributed by atoms with Gasteiger partial charge in [-0.1, -0.05) is 0 Å². The molecule has 23 heavy (non-hydrogen) atoms. The van der Waals surface area contributed by atoms with Gasteiger partial charge in [0.05, 0.1) is 6.20 Å². The Kier molecular flexibility index (Phi) is 4.50. The van der Waals surface area contributed by atoms with Crippen LogP contribution < -0.4 is 10.2 Å². The summed E-state index contributed by atoms with van der Waals surface area (Å²) in [5.74, 6) is -0.434. The van der Waals surface area contributed by atoms with Crippen molar-refractivity contribution in [1.29, 1.82) is 0 Å². The molecule has 1 saturated heterocycles. The lowest BCUT2D eigenvalue weighted by Crippen LogP contribution is -2.48. The number of halogens is 1. The maximum Gasteiger partial charge on any atom is 0.271 e. The number of rotatable bonds is 3. The minimum atomic E-state index is -0.226. The second-order valence-electron chi connectivity index (χ2n) is 5.78. The maximum absolute atomic E-state index is 13.3. The average Bonchev–Trinajstić information content (AvgIpc) is 2.56. The van der Waals surface area contributed by atoms with Crippen molar-refractivity contribution in [2.75, 3.05) is 18.0 Å². The van der Waals surface area contributed by atoms with Crippen LogP contribution in [0.5, 0.6) is 0 Å². The molecule has 0 aliphatic carbocycles. The lowest BCUT2D eigenvalue weighted by atomic mass is 10.0. The molecule has 1 atom stereocenters. The van der Waals surface area contributed by atoms with Crippen LogP contribution in [0, 0.1) is 12.7 Å². The molecule has 1 N–H and O–H groups in total. The summed E-state index contributed by atoms with van der Waals surface area (Å²) in [6.07, 6.45) is 6.39. The fourth-order valence-electron chi connectivity index (χ4n) is 2.96. The van der Waals surface area contributed by atoms with Crippen molar-refractivity contribution in [3.05, 3.63) is 53.9 Å². The van der Waals surface area contributed by atoms with E-state index in [1.165, 1.54) is 30.7 Å². The van der Waals surface area contributed by atoms with E-state index >= 15 is 0 Å². The third kappa shape index (κ3) is 3.64. The highest BCUT2D eigenvalue weighted by Gasteiger charge is 2.23. The first-order valence-electron chi connectivity index (χ1n) is 7.71. The predicted molar refractivity (Wildman–Crippen MR) is 85.9 cm³/mol. The number of benzene rings is 1. The van der Waals surface area contributed by atoms with E-state index in [9.17, 15) is 9.18 Å². The van der Waals surface area contributed by atoms with Crippen LogP contribution in [0.25, 0.3) is 0 Å². The van der Waals surface area contributed by atoms with Crippen LogP contribution in [0.1, 0.15) is 28.9 Å². The molecule has 0 bridgehead atoms. The second kappa shape index (κ2) is 6.73. The number of carbonyl (C=O) groups excluding carboxylic acids is 1. The van der Waals surface area contributed by atoms with Crippen molar-refractivity contribution in [2.45, 2.75) is 25.8 Å². The van der Waals surface area contributed by atoms with E-state index in [1.807, 2.05) is 6.92 Å². The molecular formula is C17H19FN4O. The molecule has 1 aliphatic heterocycles. The maximum atomic E-state index is 13.3. The van der Waals surface area contributed by atoms with E-state index in [0.717, 1.165) is 30.6 Å². The first kappa shape index (κ1) is 15.4. The molecule has 0 unspecified atom stereocenters. The zero-order valence-electron chi connectivity index (χ0n) is 13.0. The van der Waals surface area contributed by atoms with Crippen molar-refractivity contribution in [3.63, 3.8) is 0 Å². The number of nitrogens with zero attached hydrogens (tertiary/aromatic N) is 3. The molecule has 1 fully saturated rings. The molecule has 2 heterocycles.